The summed E-state index contributed by atoms with van der Waals surface area (Å²) in [5.74, 6) is 0.564. The fourth-order valence-electron chi connectivity index (χ4n) is 2.00. The molecule has 4 nitrogen and oxygen atoms in total. The van der Waals surface area contributed by atoms with Crippen molar-refractivity contribution < 1.29 is 14.3 Å². The molecule has 1 amide bonds. The van der Waals surface area contributed by atoms with E-state index in [4.69, 9.17) is 4.74 Å². The minimum Gasteiger partial charge on any atom is -0.449 e. The van der Waals surface area contributed by atoms with Gasteiger partial charge in [0.2, 0.25) is 0 Å². The van der Waals surface area contributed by atoms with Crippen LogP contribution in [0.1, 0.15) is 53.4 Å². The van der Waals surface area contributed by atoms with Crippen LogP contribution in [0.3, 0.4) is 0 Å². The number of ketones is 1. The molecule has 0 bridgehead atoms. The van der Waals surface area contributed by atoms with E-state index >= 15 is 0 Å². The molecule has 0 aromatic carbocycles. The standard InChI is InChI=1S/C14H25NO3/c1-5-11(16)12(14(2,3)4)15-13(17)18-9-10-7-6-8-10/h10,12H,5-9H2,1-4H3,(H,15,17). The molecule has 0 aromatic heterocycles. The molecule has 18 heavy (non-hydrogen) atoms. The van der Waals surface area contributed by atoms with Gasteiger partial charge in [0.15, 0.2) is 5.78 Å². The molecule has 1 saturated carbocycles. The van der Waals surface area contributed by atoms with Crippen LogP contribution in [-0.2, 0) is 9.53 Å². The van der Waals surface area contributed by atoms with Gasteiger partial charge in [-0.1, -0.05) is 34.1 Å². The van der Waals surface area contributed by atoms with Gasteiger partial charge in [0.25, 0.3) is 0 Å². The molecule has 4 heteroatoms. The minimum absolute atomic E-state index is 0.0445. The Kier molecular flexibility index (Phi) is 5.17. The second-order valence-corrected chi connectivity index (χ2v) is 6.16. The molecular weight excluding hydrogens is 230 g/mol. The summed E-state index contributed by atoms with van der Waals surface area (Å²) in [6, 6.07) is -0.476. The van der Waals surface area contributed by atoms with Crippen molar-refractivity contribution in [2.75, 3.05) is 6.61 Å². The van der Waals surface area contributed by atoms with Gasteiger partial charge in [0, 0.05) is 6.42 Å². The zero-order valence-corrected chi connectivity index (χ0v) is 11.9. The number of carbonyl (C=O) groups is 2. The average molecular weight is 255 g/mol. The largest absolute Gasteiger partial charge is 0.449 e. The molecule has 0 heterocycles. The van der Waals surface area contributed by atoms with Crippen LogP contribution in [0.25, 0.3) is 0 Å². The summed E-state index contributed by atoms with van der Waals surface area (Å²) >= 11 is 0. The van der Waals surface area contributed by atoms with Crippen LogP contribution in [-0.4, -0.2) is 24.5 Å². The highest BCUT2D eigenvalue weighted by Gasteiger charge is 2.32. The molecule has 0 spiro atoms. The van der Waals surface area contributed by atoms with Crippen LogP contribution >= 0.6 is 0 Å². The zero-order valence-electron chi connectivity index (χ0n) is 11.9. The maximum absolute atomic E-state index is 11.8. The van der Waals surface area contributed by atoms with Gasteiger partial charge >= 0.3 is 6.09 Å². The molecule has 0 aromatic rings. The Balaban J connectivity index is 2.43. The second-order valence-electron chi connectivity index (χ2n) is 6.16. The molecule has 1 rings (SSSR count). The highest BCUT2D eigenvalue weighted by molar-refractivity contribution is 5.87. The molecular formula is C14H25NO3. The van der Waals surface area contributed by atoms with E-state index in [1.165, 1.54) is 6.42 Å². The van der Waals surface area contributed by atoms with Crippen molar-refractivity contribution in [3.8, 4) is 0 Å². The normalized spacial score (nSPS) is 17.8. The molecule has 1 aliphatic rings. The summed E-state index contributed by atoms with van der Waals surface area (Å²) < 4.78 is 5.16. The van der Waals surface area contributed by atoms with Crippen LogP contribution in [0.5, 0.6) is 0 Å². The van der Waals surface area contributed by atoms with Crippen molar-refractivity contribution in [3.05, 3.63) is 0 Å². The van der Waals surface area contributed by atoms with Crippen LogP contribution in [0.15, 0.2) is 0 Å². The van der Waals surface area contributed by atoms with Crippen molar-refractivity contribution in [1.29, 1.82) is 0 Å². The first-order valence-electron chi connectivity index (χ1n) is 6.80. The smallest absolute Gasteiger partial charge is 0.407 e. The van der Waals surface area contributed by atoms with Gasteiger partial charge in [-0.3, -0.25) is 4.79 Å². The molecule has 1 unspecified atom stereocenters. The van der Waals surface area contributed by atoms with Gasteiger partial charge in [-0.2, -0.15) is 0 Å². The van der Waals surface area contributed by atoms with Gasteiger partial charge in [0.05, 0.1) is 12.6 Å². The lowest BCUT2D eigenvalue weighted by Gasteiger charge is -2.30. The number of ether oxygens (including phenoxy) is 1. The summed E-state index contributed by atoms with van der Waals surface area (Å²) in [4.78, 5) is 23.5. The Morgan fingerprint density at radius 2 is 1.94 bits per heavy atom. The van der Waals surface area contributed by atoms with E-state index in [1.54, 1.807) is 0 Å². The number of amides is 1. The maximum atomic E-state index is 11.8. The van der Waals surface area contributed by atoms with Crippen LogP contribution in [0.2, 0.25) is 0 Å². The second kappa shape index (κ2) is 6.21. The highest BCUT2D eigenvalue weighted by Crippen LogP contribution is 2.26. The highest BCUT2D eigenvalue weighted by atomic mass is 16.5. The Labute approximate surface area is 109 Å². The first kappa shape index (κ1) is 15.0. The van der Waals surface area contributed by atoms with Crippen LogP contribution in [0.4, 0.5) is 4.79 Å². The molecule has 0 radical (unpaired) electrons. The number of Topliss-reactive ketones (excluding diaryl/α,β-unsaturated/α-hetero) is 1. The summed E-state index contributed by atoms with van der Waals surface area (Å²) in [6.45, 7) is 8.11. The average Bonchev–Trinajstić information content (AvgIpc) is 2.21. The number of carbonyl (C=O) groups excluding carboxylic acids is 2. The van der Waals surface area contributed by atoms with Gasteiger partial charge in [0.1, 0.15) is 0 Å². The van der Waals surface area contributed by atoms with Crippen molar-refractivity contribution in [3.63, 3.8) is 0 Å². The Morgan fingerprint density at radius 1 is 1.33 bits per heavy atom. The zero-order chi connectivity index (χ0) is 13.8. The SMILES string of the molecule is CCC(=O)C(NC(=O)OCC1CCC1)C(C)(C)C. The van der Waals surface area contributed by atoms with Crippen LogP contribution in [0, 0.1) is 11.3 Å². The van der Waals surface area contributed by atoms with E-state index in [0.717, 1.165) is 12.8 Å². The molecule has 0 saturated heterocycles. The molecule has 1 atom stereocenters. The lowest BCUT2D eigenvalue weighted by atomic mass is 9.83. The van der Waals surface area contributed by atoms with E-state index in [9.17, 15) is 9.59 Å². The third-order valence-corrected chi connectivity index (χ3v) is 3.47. The summed E-state index contributed by atoms with van der Waals surface area (Å²) in [5, 5.41) is 2.70. The number of alkyl carbamates (subject to hydrolysis) is 1. The van der Waals surface area contributed by atoms with E-state index in [-0.39, 0.29) is 11.2 Å². The Morgan fingerprint density at radius 3 is 2.33 bits per heavy atom. The molecule has 0 aliphatic heterocycles. The minimum atomic E-state index is -0.476. The van der Waals surface area contributed by atoms with Crippen molar-refractivity contribution in [2.45, 2.75) is 59.4 Å². The first-order valence-corrected chi connectivity index (χ1v) is 6.80. The van der Waals surface area contributed by atoms with E-state index in [2.05, 4.69) is 5.32 Å². The monoisotopic (exact) mass is 255 g/mol. The summed E-state index contributed by atoms with van der Waals surface area (Å²) in [6.07, 6.45) is 3.47. The van der Waals surface area contributed by atoms with Crippen molar-refractivity contribution >= 4 is 11.9 Å². The first-order chi connectivity index (χ1) is 8.34. The predicted molar refractivity (Wildman–Crippen MR) is 70.4 cm³/mol. The lowest BCUT2D eigenvalue weighted by Crippen LogP contribution is -2.49. The lowest BCUT2D eigenvalue weighted by molar-refractivity contribution is -0.123. The number of hydrogen-bond donors (Lipinski definition) is 1. The van der Waals surface area contributed by atoms with Gasteiger partial charge in [-0.15, -0.1) is 0 Å². The van der Waals surface area contributed by atoms with Gasteiger partial charge in [-0.25, -0.2) is 4.79 Å². The van der Waals surface area contributed by atoms with E-state index in [1.807, 2.05) is 27.7 Å². The number of rotatable bonds is 5. The number of hydrogen-bond acceptors (Lipinski definition) is 3. The number of nitrogens with one attached hydrogen (secondary N) is 1. The quantitative estimate of drug-likeness (QED) is 0.821. The Hall–Kier alpha value is -1.06. The van der Waals surface area contributed by atoms with Gasteiger partial charge in [-0.05, 0) is 24.2 Å². The predicted octanol–water partition coefficient (Wildman–Crippen LogP) is 2.91. The summed E-state index contributed by atoms with van der Waals surface area (Å²) in [5.41, 5.74) is -0.289. The van der Waals surface area contributed by atoms with Crippen LogP contribution < -0.4 is 5.32 Å². The Bertz CT molecular complexity index is 303. The fourth-order valence-corrected chi connectivity index (χ4v) is 2.00. The molecule has 1 aliphatic carbocycles. The fraction of sp³-hybridized carbons (Fsp3) is 0.857. The third-order valence-electron chi connectivity index (χ3n) is 3.47. The molecule has 104 valence electrons. The van der Waals surface area contributed by atoms with Crippen molar-refractivity contribution in [2.24, 2.45) is 11.3 Å². The van der Waals surface area contributed by atoms with Gasteiger partial charge < -0.3 is 10.1 Å². The van der Waals surface area contributed by atoms with E-state index < -0.39 is 12.1 Å². The maximum Gasteiger partial charge on any atom is 0.407 e. The summed E-state index contributed by atoms with van der Waals surface area (Å²) in [7, 11) is 0. The topological polar surface area (TPSA) is 55.4 Å². The molecule has 1 fully saturated rings. The third kappa shape index (κ3) is 4.31. The van der Waals surface area contributed by atoms with Crippen molar-refractivity contribution in [1.82, 2.24) is 5.32 Å². The van der Waals surface area contributed by atoms with E-state index in [0.29, 0.717) is 18.9 Å². The molecule has 1 N–H and O–H groups in total.